The Morgan fingerprint density at radius 2 is 2.30 bits per heavy atom. The molecular formula is C7H12ClIO. The molecule has 60 valence electrons. The van der Waals surface area contributed by atoms with Crippen molar-refractivity contribution in [2.45, 2.75) is 31.5 Å². The summed E-state index contributed by atoms with van der Waals surface area (Å²) in [6.07, 6.45) is 2.96. The van der Waals surface area contributed by atoms with Gasteiger partial charge in [0.2, 0.25) is 0 Å². The highest BCUT2D eigenvalue weighted by Crippen LogP contribution is 2.30. The summed E-state index contributed by atoms with van der Waals surface area (Å²) in [5, 5.41) is 0. The Kier molecular flexibility index (Phi) is 3.25. The molecule has 0 amide bonds. The number of hydrogen-bond acceptors (Lipinski definition) is 1. The van der Waals surface area contributed by atoms with Crippen molar-refractivity contribution in [3.05, 3.63) is 0 Å². The van der Waals surface area contributed by atoms with Crippen molar-refractivity contribution < 1.29 is 4.74 Å². The van der Waals surface area contributed by atoms with Crippen LogP contribution >= 0.6 is 34.2 Å². The van der Waals surface area contributed by atoms with Crippen LogP contribution in [-0.2, 0) is 4.74 Å². The number of alkyl halides is 2. The van der Waals surface area contributed by atoms with Crippen LogP contribution < -0.4 is 0 Å². The summed E-state index contributed by atoms with van der Waals surface area (Å²) in [5.74, 6) is 0.604. The highest BCUT2D eigenvalue weighted by atomic mass is 127. The van der Waals surface area contributed by atoms with Crippen molar-refractivity contribution in [3.8, 4) is 0 Å². The number of rotatable bonds is 4. The predicted molar refractivity (Wildman–Crippen MR) is 52.1 cm³/mol. The van der Waals surface area contributed by atoms with Crippen LogP contribution in [0.5, 0.6) is 0 Å². The summed E-state index contributed by atoms with van der Waals surface area (Å²) >= 11 is 8.07. The van der Waals surface area contributed by atoms with Gasteiger partial charge in [-0.3, -0.25) is 0 Å². The van der Waals surface area contributed by atoms with E-state index in [2.05, 4.69) is 29.5 Å². The zero-order valence-electron chi connectivity index (χ0n) is 6.07. The van der Waals surface area contributed by atoms with Crippen molar-refractivity contribution in [1.82, 2.24) is 0 Å². The van der Waals surface area contributed by atoms with Crippen molar-refractivity contribution in [3.63, 3.8) is 0 Å². The Morgan fingerprint density at radius 3 is 2.60 bits per heavy atom. The Bertz CT molecular complexity index is 110. The standard InChI is InChI=1S/C7H12ClIO/c1-7(4-8,5-9)10-6-2-3-6/h6H,2-5H2,1H3. The van der Waals surface area contributed by atoms with Gasteiger partial charge in [0.25, 0.3) is 0 Å². The maximum atomic E-state index is 5.75. The first-order chi connectivity index (χ1) is 4.70. The summed E-state index contributed by atoms with van der Waals surface area (Å²) in [4.78, 5) is 0. The lowest BCUT2D eigenvalue weighted by atomic mass is 10.2. The first kappa shape index (κ1) is 9.07. The van der Waals surface area contributed by atoms with Gasteiger partial charge in [-0.15, -0.1) is 11.6 Å². The summed E-state index contributed by atoms with van der Waals surface area (Å²) in [6, 6.07) is 0. The molecule has 0 heterocycles. The lowest BCUT2D eigenvalue weighted by Gasteiger charge is -2.24. The Labute approximate surface area is 80.6 Å². The van der Waals surface area contributed by atoms with Crippen LogP contribution in [0.25, 0.3) is 0 Å². The fourth-order valence-corrected chi connectivity index (χ4v) is 1.61. The molecule has 0 aromatic heterocycles. The summed E-state index contributed by atoms with van der Waals surface area (Å²) in [5.41, 5.74) is -0.0801. The molecule has 1 rings (SSSR count). The van der Waals surface area contributed by atoms with Gasteiger partial charge in [-0.2, -0.15) is 0 Å². The molecule has 1 aliphatic carbocycles. The van der Waals surface area contributed by atoms with E-state index < -0.39 is 0 Å². The van der Waals surface area contributed by atoms with E-state index in [1.165, 1.54) is 12.8 Å². The van der Waals surface area contributed by atoms with E-state index in [1.807, 2.05) is 0 Å². The first-order valence-electron chi connectivity index (χ1n) is 3.50. The Balaban J connectivity index is 2.29. The minimum atomic E-state index is -0.0801. The van der Waals surface area contributed by atoms with Crippen LogP contribution in [0.4, 0.5) is 0 Å². The molecule has 3 heteroatoms. The van der Waals surface area contributed by atoms with Crippen molar-refractivity contribution >= 4 is 34.2 Å². The van der Waals surface area contributed by atoms with Crippen molar-refractivity contribution in [1.29, 1.82) is 0 Å². The van der Waals surface area contributed by atoms with Crippen molar-refractivity contribution in [2.24, 2.45) is 0 Å². The molecule has 1 nitrogen and oxygen atoms in total. The van der Waals surface area contributed by atoms with E-state index in [9.17, 15) is 0 Å². The normalized spacial score (nSPS) is 24.3. The van der Waals surface area contributed by atoms with Gasteiger partial charge in [-0.1, -0.05) is 22.6 Å². The molecule has 10 heavy (non-hydrogen) atoms. The number of halogens is 2. The minimum absolute atomic E-state index is 0.0801. The van der Waals surface area contributed by atoms with E-state index in [4.69, 9.17) is 16.3 Å². The van der Waals surface area contributed by atoms with Gasteiger partial charge in [0, 0.05) is 4.43 Å². The molecule has 0 radical (unpaired) electrons. The smallest absolute Gasteiger partial charge is 0.0881 e. The third-order valence-corrected chi connectivity index (χ3v) is 3.72. The number of ether oxygens (including phenoxy) is 1. The quantitative estimate of drug-likeness (QED) is 0.566. The monoisotopic (exact) mass is 274 g/mol. The van der Waals surface area contributed by atoms with Gasteiger partial charge in [0.15, 0.2) is 0 Å². The molecule has 0 spiro atoms. The van der Waals surface area contributed by atoms with Gasteiger partial charge in [-0.25, -0.2) is 0 Å². The predicted octanol–water partition coefficient (Wildman–Crippen LogP) is 2.60. The zero-order valence-corrected chi connectivity index (χ0v) is 8.98. The molecule has 1 unspecified atom stereocenters. The first-order valence-corrected chi connectivity index (χ1v) is 5.56. The zero-order chi connectivity index (χ0) is 7.61. The largest absolute Gasteiger partial charge is 0.370 e. The topological polar surface area (TPSA) is 9.23 Å². The van der Waals surface area contributed by atoms with Crippen molar-refractivity contribution in [2.75, 3.05) is 10.3 Å². The second-order valence-corrected chi connectivity index (χ2v) is 4.06. The van der Waals surface area contributed by atoms with Gasteiger partial charge in [-0.05, 0) is 19.8 Å². The highest BCUT2D eigenvalue weighted by molar-refractivity contribution is 14.1. The molecule has 0 aliphatic heterocycles. The minimum Gasteiger partial charge on any atom is -0.370 e. The summed E-state index contributed by atoms with van der Waals surface area (Å²) < 4.78 is 6.68. The number of hydrogen-bond donors (Lipinski definition) is 0. The van der Waals surface area contributed by atoms with Gasteiger partial charge in [0.1, 0.15) is 0 Å². The molecule has 1 aliphatic rings. The lowest BCUT2D eigenvalue weighted by Crippen LogP contribution is -2.33. The molecule has 1 fully saturated rings. The third-order valence-electron chi connectivity index (χ3n) is 1.54. The fraction of sp³-hybridized carbons (Fsp3) is 1.00. The van der Waals surface area contributed by atoms with E-state index in [-0.39, 0.29) is 5.60 Å². The van der Waals surface area contributed by atoms with E-state index in [0.717, 1.165) is 4.43 Å². The van der Waals surface area contributed by atoms with Gasteiger partial charge < -0.3 is 4.74 Å². The maximum Gasteiger partial charge on any atom is 0.0881 e. The fourth-order valence-electron chi connectivity index (χ4n) is 0.687. The molecule has 0 aromatic carbocycles. The highest BCUT2D eigenvalue weighted by Gasteiger charge is 2.32. The molecule has 1 atom stereocenters. The average Bonchev–Trinajstić information content (AvgIpc) is 2.72. The van der Waals surface area contributed by atoms with Crippen LogP contribution in [0.15, 0.2) is 0 Å². The molecule has 0 saturated heterocycles. The molecule has 1 saturated carbocycles. The lowest BCUT2D eigenvalue weighted by molar-refractivity contribution is -0.00662. The van der Waals surface area contributed by atoms with Crippen LogP contribution in [0.2, 0.25) is 0 Å². The van der Waals surface area contributed by atoms with Crippen LogP contribution in [0.3, 0.4) is 0 Å². The summed E-state index contributed by atoms with van der Waals surface area (Å²) in [6.45, 7) is 2.07. The van der Waals surface area contributed by atoms with Gasteiger partial charge in [0.05, 0.1) is 17.6 Å². The molecule has 0 bridgehead atoms. The summed E-state index contributed by atoms with van der Waals surface area (Å²) in [7, 11) is 0. The van der Waals surface area contributed by atoms with E-state index >= 15 is 0 Å². The average molecular weight is 275 g/mol. The van der Waals surface area contributed by atoms with Crippen LogP contribution in [-0.4, -0.2) is 22.0 Å². The Morgan fingerprint density at radius 1 is 1.70 bits per heavy atom. The van der Waals surface area contributed by atoms with E-state index in [1.54, 1.807) is 0 Å². The molecule has 0 N–H and O–H groups in total. The molecule has 0 aromatic rings. The van der Waals surface area contributed by atoms with Crippen LogP contribution in [0.1, 0.15) is 19.8 Å². The van der Waals surface area contributed by atoms with Crippen LogP contribution in [0, 0.1) is 0 Å². The SMILES string of the molecule is CC(CCl)(CI)OC1CC1. The Hall–Kier alpha value is 0.980. The molecular weight excluding hydrogens is 262 g/mol. The third kappa shape index (κ3) is 2.55. The van der Waals surface area contributed by atoms with E-state index in [0.29, 0.717) is 12.0 Å². The maximum absolute atomic E-state index is 5.75. The second kappa shape index (κ2) is 3.59. The van der Waals surface area contributed by atoms with Gasteiger partial charge >= 0.3 is 0 Å². The second-order valence-electron chi connectivity index (χ2n) is 3.03.